The molecule has 0 saturated heterocycles. The number of carbonyl (C=O) groups is 2. The second kappa shape index (κ2) is 9.65. The monoisotopic (exact) mass is 492 g/mol. The minimum atomic E-state index is -4.55. The highest BCUT2D eigenvalue weighted by atomic mass is 32.2. The van der Waals surface area contributed by atoms with Crippen molar-refractivity contribution in [3.8, 4) is 0 Å². The summed E-state index contributed by atoms with van der Waals surface area (Å²) >= 11 is 0. The molecule has 0 aromatic heterocycles. The van der Waals surface area contributed by atoms with Gasteiger partial charge in [0.25, 0.3) is 5.91 Å². The van der Waals surface area contributed by atoms with Crippen LogP contribution < -0.4 is 10.0 Å². The second-order valence-corrected chi connectivity index (χ2v) is 9.12. The molecule has 0 fully saturated rings. The van der Waals surface area contributed by atoms with Crippen LogP contribution in [-0.2, 0) is 22.7 Å². The maximum atomic E-state index is 12.8. The van der Waals surface area contributed by atoms with Crippen molar-refractivity contribution < 1.29 is 36.3 Å². The Morgan fingerprint density at radius 1 is 0.971 bits per heavy atom. The molecular formula is C23H19F3N2O5S. The molecule has 7 nitrogen and oxygen atoms in total. The number of sulfonamides is 1. The lowest BCUT2D eigenvalue weighted by molar-refractivity contribution is -0.137. The Morgan fingerprint density at radius 3 is 2.26 bits per heavy atom. The van der Waals surface area contributed by atoms with Gasteiger partial charge in [-0.1, -0.05) is 29.8 Å². The number of aryl methyl sites for hydroxylation is 1. The van der Waals surface area contributed by atoms with E-state index >= 15 is 0 Å². The zero-order chi connectivity index (χ0) is 25.1. The van der Waals surface area contributed by atoms with Crippen molar-refractivity contribution in [2.75, 3.05) is 5.32 Å². The topological polar surface area (TPSA) is 113 Å². The number of carbonyl (C=O) groups excluding carboxylic acids is 1. The summed E-state index contributed by atoms with van der Waals surface area (Å²) in [5.74, 6) is -1.86. The predicted octanol–water partition coefficient (Wildman–Crippen LogP) is 4.44. The van der Waals surface area contributed by atoms with Gasteiger partial charge in [-0.05, 0) is 55.0 Å². The average Bonchev–Trinajstić information content (AvgIpc) is 2.78. The zero-order valence-electron chi connectivity index (χ0n) is 17.7. The number of alkyl halides is 3. The molecule has 1 amide bonds. The summed E-state index contributed by atoms with van der Waals surface area (Å²) in [6.45, 7) is 1.35. The van der Waals surface area contributed by atoms with Gasteiger partial charge in [0.15, 0.2) is 0 Å². The van der Waals surface area contributed by atoms with Crippen LogP contribution in [0.5, 0.6) is 0 Å². The summed E-state index contributed by atoms with van der Waals surface area (Å²) in [5.41, 5.74) is 0.00570. The van der Waals surface area contributed by atoms with Crippen molar-refractivity contribution in [1.82, 2.24) is 4.72 Å². The van der Waals surface area contributed by atoms with Gasteiger partial charge in [-0.25, -0.2) is 17.9 Å². The first-order valence-electron chi connectivity index (χ1n) is 9.78. The van der Waals surface area contributed by atoms with E-state index < -0.39 is 33.6 Å². The maximum Gasteiger partial charge on any atom is 0.416 e. The van der Waals surface area contributed by atoms with Crippen molar-refractivity contribution in [3.63, 3.8) is 0 Å². The van der Waals surface area contributed by atoms with Crippen LogP contribution in [-0.4, -0.2) is 25.4 Å². The van der Waals surface area contributed by atoms with Gasteiger partial charge >= 0.3 is 12.1 Å². The molecule has 178 valence electrons. The first-order chi connectivity index (χ1) is 15.9. The van der Waals surface area contributed by atoms with Crippen LogP contribution in [0.2, 0.25) is 0 Å². The molecule has 3 rings (SSSR count). The first-order valence-corrected chi connectivity index (χ1v) is 11.3. The molecule has 0 aliphatic carbocycles. The van der Waals surface area contributed by atoms with E-state index in [9.17, 15) is 36.3 Å². The lowest BCUT2D eigenvalue weighted by Crippen LogP contribution is -2.23. The van der Waals surface area contributed by atoms with Crippen LogP contribution in [0.1, 0.15) is 37.4 Å². The average molecular weight is 492 g/mol. The van der Waals surface area contributed by atoms with Gasteiger partial charge in [0, 0.05) is 12.1 Å². The number of anilines is 1. The molecule has 34 heavy (non-hydrogen) atoms. The number of rotatable bonds is 7. The lowest BCUT2D eigenvalue weighted by Gasteiger charge is -2.11. The molecule has 0 atom stereocenters. The fraction of sp³-hybridized carbons (Fsp3) is 0.130. The quantitative estimate of drug-likeness (QED) is 0.451. The van der Waals surface area contributed by atoms with Crippen molar-refractivity contribution in [3.05, 3.63) is 94.5 Å². The molecule has 3 N–H and O–H groups in total. The SMILES string of the molecule is Cc1ccc(NC(=O)c2ccc(S(=O)(=O)NCc3cccc(C(F)(F)F)c3)cc2)c(C(=O)O)c1. The molecule has 0 bridgehead atoms. The molecule has 11 heteroatoms. The van der Waals surface area contributed by atoms with Gasteiger partial charge < -0.3 is 10.4 Å². The summed E-state index contributed by atoms with van der Waals surface area (Å²) < 4.78 is 65.7. The van der Waals surface area contributed by atoms with Gasteiger partial charge in [0.1, 0.15) is 0 Å². The number of carboxylic acid groups (broad SMARTS) is 1. The Morgan fingerprint density at radius 2 is 1.65 bits per heavy atom. The minimum Gasteiger partial charge on any atom is -0.478 e. The normalized spacial score (nSPS) is 11.8. The third kappa shape index (κ3) is 6.00. The molecule has 0 unspecified atom stereocenters. The number of aromatic carboxylic acids is 1. The third-order valence-corrected chi connectivity index (χ3v) is 6.22. The Bertz CT molecular complexity index is 1340. The number of nitrogens with one attached hydrogen (secondary N) is 2. The number of benzene rings is 3. The highest BCUT2D eigenvalue weighted by Gasteiger charge is 2.30. The van der Waals surface area contributed by atoms with Crippen LogP contribution >= 0.6 is 0 Å². The zero-order valence-corrected chi connectivity index (χ0v) is 18.5. The van der Waals surface area contributed by atoms with Crippen LogP contribution in [0.3, 0.4) is 0 Å². The van der Waals surface area contributed by atoms with Crippen molar-refractivity contribution >= 4 is 27.6 Å². The molecule has 0 radical (unpaired) electrons. The van der Waals surface area contributed by atoms with E-state index in [-0.39, 0.29) is 33.8 Å². The molecule has 0 spiro atoms. The Hall–Kier alpha value is -3.70. The minimum absolute atomic E-state index is 0.0775. The van der Waals surface area contributed by atoms with Gasteiger partial charge in [0.05, 0.1) is 21.7 Å². The fourth-order valence-corrected chi connectivity index (χ4v) is 4.06. The second-order valence-electron chi connectivity index (χ2n) is 7.36. The molecule has 0 aliphatic heterocycles. The standard InChI is InChI=1S/C23H19F3N2O5S/c1-14-5-10-20(19(11-14)22(30)31)28-21(29)16-6-8-18(9-7-16)34(32,33)27-13-15-3-2-4-17(12-15)23(24,25)26/h2-12,27H,13H2,1H3,(H,28,29)(H,30,31). The first kappa shape index (κ1) is 24.9. The van der Waals surface area contributed by atoms with Gasteiger partial charge in [0.2, 0.25) is 10.0 Å². The fourth-order valence-electron chi connectivity index (χ4n) is 3.04. The van der Waals surface area contributed by atoms with E-state index in [1.807, 2.05) is 0 Å². The summed E-state index contributed by atoms with van der Waals surface area (Å²) in [5, 5.41) is 11.8. The van der Waals surface area contributed by atoms with Gasteiger partial charge in [-0.15, -0.1) is 0 Å². The van der Waals surface area contributed by atoms with Crippen molar-refractivity contribution in [2.24, 2.45) is 0 Å². The van der Waals surface area contributed by atoms with E-state index in [0.717, 1.165) is 24.3 Å². The molecular weight excluding hydrogens is 473 g/mol. The van der Waals surface area contributed by atoms with E-state index in [1.165, 1.54) is 36.4 Å². The van der Waals surface area contributed by atoms with Crippen LogP contribution in [0.25, 0.3) is 0 Å². The smallest absolute Gasteiger partial charge is 0.416 e. The summed E-state index contributed by atoms with van der Waals surface area (Å²) in [7, 11) is -4.07. The Balaban J connectivity index is 1.71. The molecule has 0 aliphatic rings. The van der Waals surface area contributed by atoms with Crippen LogP contribution in [0.4, 0.5) is 18.9 Å². The largest absolute Gasteiger partial charge is 0.478 e. The maximum absolute atomic E-state index is 12.8. The summed E-state index contributed by atoms with van der Waals surface area (Å²) in [6, 6.07) is 13.6. The van der Waals surface area contributed by atoms with Gasteiger partial charge in [-0.3, -0.25) is 4.79 Å². The highest BCUT2D eigenvalue weighted by molar-refractivity contribution is 7.89. The Labute approximate surface area is 193 Å². The van der Waals surface area contributed by atoms with Crippen molar-refractivity contribution in [1.29, 1.82) is 0 Å². The number of hydrogen-bond donors (Lipinski definition) is 3. The molecule has 3 aromatic rings. The van der Waals surface area contributed by atoms with Crippen molar-refractivity contribution in [2.45, 2.75) is 24.5 Å². The van der Waals surface area contributed by atoms with Crippen LogP contribution in [0.15, 0.2) is 71.6 Å². The number of amides is 1. The summed E-state index contributed by atoms with van der Waals surface area (Å²) in [4.78, 5) is 23.7. The molecule has 3 aromatic carbocycles. The summed E-state index contributed by atoms with van der Waals surface area (Å²) in [6.07, 6.45) is -4.55. The number of carboxylic acids is 1. The number of halogens is 3. The predicted molar refractivity (Wildman–Crippen MR) is 118 cm³/mol. The number of hydrogen-bond acceptors (Lipinski definition) is 4. The van der Waals surface area contributed by atoms with E-state index in [2.05, 4.69) is 10.0 Å². The van der Waals surface area contributed by atoms with Crippen LogP contribution in [0, 0.1) is 6.92 Å². The van der Waals surface area contributed by atoms with E-state index in [4.69, 9.17) is 0 Å². The third-order valence-electron chi connectivity index (χ3n) is 4.80. The lowest BCUT2D eigenvalue weighted by atomic mass is 10.1. The highest BCUT2D eigenvalue weighted by Crippen LogP contribution is 2.29. The van der Waals surface area contributed by atoms with E-state index in [1.54, 1.807) is 13.0 Å². The van der Waals surface area contributed by atoms with Gasteiger partial charge in [-0.2, -0.15) is 13.2 Å². The van der Waals surface area contributed by atoms with E-state index in [0.29, 0.717) is 5.56 Å². The Kier molecular flexibility index (Phi) is 7.08. The molecule has 0 saturated carbocycles. The molecule has 0 heterocycles.